The van der Waals surface area contributed by atoms with Gasteiger partial charge in [0.15, 0.2) is 0 Å². The molecule has 0 spiro atoms. The Morgan fingerprint density at radius 1 is 1.50 bits per heavy atom. The number of methoxy groups -OCH3 is 1. The topological polar surface area (TPSA) is 9.23 Å². The quantitative estimate of drug-likeness (QED) is 0.597. The molecule has 1 unspecified atom stereocenters. The summed E-state index contributed by atoms with van der Waals surface area (Å²) in [4.78, 5) is 2.46. The molecule has 0 aliphatic carbocycles. The molecule has 0 radical (unpaired) electrons. The summed E-state index contributed by atoms with van der Waals surface area (Å²) in [6.45, 7) is 0. The highest BCUT2D eigenvalue weighted by Crippen LogP contribution is 2.45. The van der Waals surface area contributed by atoms with Crippen molar-refractivity contribution in [2.75, 3.05) is 7.11 Å². The molecular weight excluding hydrogens is 396 g/mol. The molecule has 2 aromatic rings. The van der Waals surface area contributed by atoms with Crippen LogP contribution in [0.15, 0.2) is 22.0 Å². The number of hydrogen-bond acceptors (Lipinski definition) is 3. The Balaban J connectivity index is 2.35. The summed E-state index contributed by atoms with van der Waals surface area (Å²) < 4.78 is 7.02. The lowest BCUT2D eigenvalue weighted by Crippen LogP contribution is -1.89. The van der Waals surface area contributed by atoms with Crippen molar-refractivity contribution >= 4 is 66.1 Å². The highest BCUT2D eigenvalue weighted by atomic mass is 79.9. The molecule has 6 heteroatoms. The zero-order valence-corrected chi connectivity index (χ0v) is 13.7. The van der Waals surface area contributed by atoms with Crippen molar-refractivity contribution in [2.24, 2.45) is 0 Å². The Hall–Kier alpha value is 0.450. The van der Waals surface area contributed by atoms with Gasteiger partial charge in [-0.2, -0.15) is 0 Å². The van der Waals surface area contributed by atoms with Crippen LogP contribution >= 0.6 is 66.1 Å². The monoisotopic (exact) mass is 400 g/mol. The first-order valence-electron chi connectivity index (χ1n) is 4.33. The van der Waals surface area contributed by atoms with E-state index in [9.17, 15) is 0 Å². The third kappa shape index (κ3) is 2.48. The van der Waals surface area contributed by atoms with Crippen molar-refractivity contribution in [3.8, 4) is 5.75 Å². The van der Waals surface area contributed by atoms with Crippen LogP contribution in [-0.4, -0.2) is 7.11 Å². The number of hydrogen-bond donors (Lipinski definition) is 0. The van der Waals surface area contributed by atoms with E-state index < -0.39 is 0 Å². The van der Waals surface area contributed by atoms with Crippen LogP contribution in [0, 0.1) is 0 Å². The van der Waals surface area contributed by atoms with E-state index in [1.54, 1.807) is 29.8 Å². The summed E-state index contributed by atoms with van der Waals surface area (Å²) in [5.41, 5.74) is 0. The van der Waals surface area contributed by atoms with Crippen LogP contribution in [0.5, 0.6) is 5.75 Å². The first kappa shape index (κ1) is 12.9. The summed E-state index contributed by atoms with van der Waals surface area (Å²) in [7, 11) is 1.68. The molecule has 2 aromatic heterocycles. The fourth-order valence-electron chi connectivity index (χ4n) is 1.28. The van der Waals surface area contributed by atoms with Gasteiger partial charge in [-0.1, -0.05) is 27.5 Å². The number of rotatable bonds is 3. The fraction of sp³-hybridized carbons (Fsp3) is 0.200. The Morgan fingerprint density at radius 2 is 2.25 bits per heavy atom. The van der Waals surface area contributed by atoms with Gasteiger partial charge in [0.25, 0.3) is 0 Å². The van der Waals surface area contributed by atoms with Gasteiger partial charge >= 0.3 is 0 Å². The summed E-state index contributed by atoms with van der Waals surface area (Å²) in [5.74, 6) is 0.910. The van der Waals surface area contributed by atoms with Gasteiger partial charge in [-0.25, -0.2) is 0 Å². The highest BCUT2D eigenvalue weighted by Gasteiger charge is 2.19. The summed E-state index contributed by atoms with van der Waals surface area (Å²) in [5, 5.41) is 2.02. The Bertz CT molecular complexity index is 475. The molecule has 0 N–H and O–H groups in total. The van der Waals surface area contributed by atoms with E-state index in [2.05, 4.69) is 31.9 Å². The smallest absolute Gasteiger partial charge is 0.134 e. The van der Waals surface area contributed by atoms with Crippen LogP contribution in [0.2, 0.25) is 4.34 Å². The predicted octanol–water partition coefficient (Wildman–Crippen LogP) is 5.72. The maximum atomic E-state index is 6.03. The number of thiophene rings is 2. The SMILES string of the molecule is COc1ccsc1C(Br)c1cc(Br)c(Cl)s1. The van der Waals surface area contributed by atoms with Gasteiger partial charge in [0.05, 0.1) is 16.8 Å². The molecule has 0 bridgehead atoms. The molecule has 0 aliphatic heterocycles. The molecule has 1 nitrogen and oxygen atoms in total. The lowest BCUT2D eigenvalue weighted by atomic mass is 10.3. The molecule has 0 fully saturated rings. The highest BCUT2D eigenvalue weighted by molar-refractivity contribution is 9.10. The Labute approximate surface area is 124 Å². The molecule has 16 heavy (non-hydrogen) atoms. The van der Waals surface area contributed by atoms with E-state index in [0.717, 1.165) is 24.3 Å². The number of ether oxygens (including phenoxy) is 1. The van der Waals surface area contributed by atoms with Crippen molar-refractivity contribution in [3.05, 3.63) is 36.1 Å². The normalized spacial score (nSPS) is 12.8. The second-order valence-corrected chi connectivity index (χ2v) is 7.39. The van der Waals surface area contributed by atoms with E-state index >= 15 is 0 Å². The number of alkyl halides is 1. The second kappa shape index (κ2) is 5.40. The van der Waals surface area contributed by atoms with Crippen LogP contribution in [0.1, 0.15) is 14.6 Å². The van der Waals surface area contributed by atoms with Gasteiger partial charge in [0.2, 0.25) is 0 Å². The lowest BCUT2D eigenvalue weighted by Gasteiger charge is -2.07. The van der Waals surface area contributed by atoms with Crippen LogP contribution in [0.4, 0.5) is 0 Å². The van der Waals surface area contributed by atoms with Crippen LogP contribution in [0.25, 0.3) is 0 Å². The van der Waals surface area contributed by atoms with Gasteiger partial charge in [-0.05, 0) is 33.4 Å². The van der Waals surface area contributed by atoms with E-state index in [-0.39, 0.29) is 4.83 Å². The lowest BCUT2D eigenvalue weighted by molar-refractivity contribution is 0.413. The molecule has 86 valence electrons. The molecule has 2 rings (SSSR count). The summed E-state index contributed by atoms with van der Waals surface area (Å²) in [6, 6.07) is 4.00. The Kier molecular flexibility index (Phi) is 4.35. The van der Waals surface area contributed by atoms with Gasteiger partial charge in [-0.15, -0.1) is 22.7 Å². The maximum absolute atomic E-state index is 6.03. The first-order chi connectivity index (χ1) is 7.63. The zero-order valence-electron chi connectivity index (χ0n) is 8.17. The minimum absolute atomic E-state index is 0.135. The molecule has 1 atom stereocenters. The van der Waals surface area contributed by atoms with Gasteiger partial charge < -0.3 is 4.74 Å². The zero-order chi connectivity index (χ0) is 11.7. The van der Waals surface area contributed by atoms with Crippen LogP contribution in [0.3, 0.4) is 0 Å². The molecule has 0 aliphatic rings. The van der Waals surface area contributed by atoms with Crippen molar-refractivity contribution in [1.82, 2.24) is 0 Å². The van der Waals surface area contributed by atoms with Crippen molar-refractivity contribution < 1.29 is 4.74 Å². The standard InChI is InChI=1S/C10H7Br2ClOS2/c1-14-6-2-3-15-9(6)8(12)7-4-5(11)10(13)16-7/h2-4,8H,1H3. The Morgan fingerprint density at radius 3 is 2.81 bits per heavy atom. The van der Waals surface area contributed by atoms with E-state index in [4.69, 9.17) is 16.3 Å². The summed E-state index contributed by atoms with van der Waals surface area (Å²) >= 11 is 16.3. The second-order valence-electron chi connectivity index (χ2n) is 2.99. The molecular formula is C10H7Br2ClOS2. The molecule has 0 saturated carbocycles. The van der Waals surface area contributed by atoms with Crippen LogP contribution in [-0.2, 0) is 0 Å². The van der Waals surface area contributed by atoms with E-state index in [0.29, 0.717) is 0 Å². The molecule has 0 amide bonds. The fourth-order valence-corrected chi connectivity index (χ4v) is 4.89. The molecule has 2 heterocycles. The van der Waals surface area contributed by atoms with E-state index in [1.165, 1.54) is 0 Å². The van der Waals surface area contributed by atoms with Crippen LogP contribution < -0.4 is 4.74 Å². The van der Waals surface area contributed by atoms with Crippen molar-refractivity contribution in [1.29, 1.82) is 0 Å². The third-order valence-electron chi connectivity index (χ3n) is 2.02. The molecule has 0 aromatic carbocycles. The number of halogens is 3. The van der Waals surface area contributed by atoms with Gasteiger partial charge in [0, 0.05) is 9.35 Å². The third-order valence-corrected chi connectivity index (χ3v) is 7.08. The van der Waals surface area contributed by atoms with Crippen molar-refractivity contribution in [3.63, 3.8) is 0 Å². The van der Waals surface area contributed by atoms with Gasteiger partial charge in [-0.3, -0.25) is 0 Å². The first-order valence-corrected chi connectivity index (χ1v) is 8.12. The average molecular weight is 403 g/mol. The largest absolute Gasteiger partial charge is 0.496 e. The predicted molar refractivity (Wildman–Crippen MR) is 78.7 cm³/mol. The maximum Gasteiger partial charge on any atom is 0.134 e. The van der Waals surface area contributed by atoms with E-state index in [1.807, 2.05) is 17.5 Å². The van der Waals surface area contributed by atoms with Gasteiger partial charge in [0.1, 0.15) is 10.1 Å². The molecule has 0 saturated heterocycles. The summed E-state index contributed by atoms with van der Waals surface area (Å²) in [6.07, 6.45) is 0. The minimum atomic E-state index is 0.135. The van der Waals surface area contributed by atoms with Crippen molar-refractivity contribution in [2.45, 2.75) is 4.83 Å². The average Bonchev–Trinajstić information content (AvgIpc) is 2.85. The minimum Gasteiger partial charge on any atom is -0.496 e.